The van der Waals surface area contributed by atoms with Crippen molar-refractivity contribution in [2.75, 3.05) is 52.5 Å². The van der Waals surface area contributed by atoms with E-state index in [9.17, 15) is 84.0 Å². The van der Waals surface area contributed by atoms with E-state index in [1.54, 1.807) is 0 Å². The van der Waals surface area contributed by atoms with Gasteiger partial charge in [-0.1, -0.05) is 7.43 Å². The SMILES string of the molecule is C.NCC(=O)NCC(=O)CCC(=O)NCC(=O)C[C@@H](COC(=O)NCCC(=O)O)C(=O)NC(CCC(=O)NC[C@H](O)[C@@H](O)[C@H](O)[C@H](O)CO)C(=O)CC[C@H](O)[C@@H](O)[C@H](O)[C@H](O)CO. The van der Waals surface area contributed by atoms with E-state index >= 15 is 0 Å². The van der Waals surface area contributed by atoms with Crippen molar-refractivity contribution in [1.29, 1.82) is 0 Å². The maximum Gasteiger partial charge on any atom is 0.407 e. The number of carboxylic acid groups (broad SMARTS) is 1. The molecule has 0 saturated carbocycles. The molecule has 0 spiro atoms. The number of hydrogen-bond donors (Lipinski definition) is 17. The first-order valence-corrected chi connectivity index (χ1v) is 19.2. The third-order valence-electron chi connectivity index (χ3n) is 8.86. The number of aliphatic hydroxyl groups excluding tert-OH is 10. The first kappa shape index (κ1) is 60.3. The minimum atomic E-state index is -2.07. The topological polar surface area (TPSA) is 472 Å². The van der Waals surface area contributed by atoms with Crippen molar-refractivity contribution >= 4 is 53.0 Å². The van der Waals surface area contributed by atoms with Crippen molar-refractivity contribution in [3.05, 3.63) is 0 Å². The Morgan fingerprint density at radius 3 is 1.65 bits per heavy atom. The number of nitrogens with two attached hydrogens (primary N) is 1. The lowest BCUT2D eigenvalue weighted by Crippen LogP contribution is -2.50. The molecule has 1 unspecified atom stereocenters. The molecule has 0 aromatic rings. The molecule has 5 amide bonds. The third kappa shape index (κ3) is 25.8. The number of carbonyl (C=O) groups excluding carboxylic acids is 8. The first-order chi connectivity index (χ1) is 29.1. The number of nitrogens with one attached hydrogen (secondary N) is 5. The summed E-state index contributed by atoms with van der Waals surface area (Å²) in [4.78, 5) is 111. The van der Waals surface area contributed by atoms with Crippen molar-refractivity contribution in [3.8, 4) is 0 Å². The summed E-state index contributed by atoms with van der Waals surface area (Å²) in [7, 11) is 0. The Bertz CT molecular complexity index is 1470. The molecule has 0 bridgehead atoms. The maximum atomic E-state index is 13.6. The number of amides is 5. The van der Waals surface area contributed by atoms with Gasteiger partial charge in [0.15, 0.2) is 17.3 Å². The van der Waals surface area contributed by atoms with E-state index in [1.165, 1.54) is 0 Å². The van der Waals surface area contributed by atoms with Crippen LogP contribution in [0.15, 0.2) is 0 Å². The van der Waals surface area contributed by atoms with Gasteiger partial charge in [-0.05, 0) is 12.8 Å². The van der Waals surface area contributed by atoms with Crippen LogP contribution in [0.4, 0.5) is 4.79 Å². The average Bonchev–Trinajstić information content (AvgIpc) is 3.25. The minimum Gasteiger partial charge on any atom is -0.481 e. The number of Topliss-reactive ketones (excluding diaryl/α,β-unsaturated/α-hetero) is 3. The van der Waals surface area contributed by atoms with Gasteiger partial charge in [0.2, 0.25) is 23.6 Å². The molecule has 0 rings (SSSR count). The molecule has 0 saturated heterocycles. The van der Waals surface area contributed by atoms with E-state index in [0.29, 0.717) is 0 Å². The van der Waals surface area contributed by atoms with Crippen molar-refractivity contribution in [2.45, 2.75) is 114 Å². The molecule has 0 aliphatic rings. The number of ketones is 3. The Hall–Kier alpha value is -4.81. The second kappa shape index (κ2) is 32.8. The van der Waals surface area contributed by atoms with Crippen LogP contribution in [0.25, 0.3) is 0 Å². The number of carbonyl (C=O) groups is 9. The van der Waals surface area contributed by atoms with E-state index in [4.69, 9.17) is 25.8 Å². The summed E-state index contributed by atoms with van der Waals surface area (Å²) < 4.78 is 4.97. The molecule has 0 aromatic heterocycles. The van der Waals surface area contributed by atoms with Gasteiger partial charge in [-0.3, -0.25) is 38.4 Å². The Labute approximate surface area is 361 Å². The average molecular weight is 917 g/mol. The molecule has 0 fully saturated rings. The Morgan fingerprint density at radius 2 is 1.10 bits per heavy atom. The molecule has 364 valence electrons. The van der Waals surface area contributed by atoms with Crippen LogP contribution >= 0.6 is 0 Å². The monoisotopic (exact) mass is 916 g/mol. The van der Waals surface area contributed by atoms with E-state index < -0.39 is 205 Å². The summed E-state index contributed by atoms with van der Waals surface area (Å²) in [6.07, 6.45) is -21.3. The Morgan fingerprint density at radius 1 is 0.571 bits per heavy atom. The smallest absolute Gasteiger partial charge is 0.407 e. The molecular weight excluding hydrogens is 852 g/mol. The van der Waals surface area contributed by atoms with Gasteiger partial charge in [-0.2, -0.15) is 0 Å². The van der Waals surface area contributed by atoms with E-state index in [1.807, 2.05) is 0 Å². The molecular formula is C36H64N6O21. The van der Waals surface area contributed by atoms with Gasteiger partial charge in [0.1, 0.15) is 43.2 Å². The summed E-state index contributed by atoms with van der Waals surface area (Å²) in [6.45, 7) is -5.42. The Balaban J connectivity index is 0. The Kier molecular flexibility index (Phi) is 31.4. The standard InChI is InChI=1S/C35H60N6O21.CH4/c36-10-28(53)39-11-18(44)1-5-26(51)38-12-19(45)9-17(16-62-35(61)37-8-7-29(54)55)34(60)41-20(21(46)3-4-22(47)30(56)32(58)24(49)14-42)2-6-27(52)40-13-23(48)31(57)33(59)25(50)15-43;/h17,20,22-25,30-33,42-43,47-50,56-59H,1-16,36H2,(H,37,61)(H,38,51)(H,39,53)(H,40,52)(H,41,60)(H,54,55);1H4/t17-,20?,22-,23-,24+,25+,30+,31+,32+,33+;/m0./s1. The molecule has 0 aromatic carbocycles. The fourth-order valence-electron chi connectivity index (χ4n) is 5.04. The number of aliphatic hydroxyl groups is 10. The van der Waals surface area contributed by atoms with Crippen LogP contribution in [0, 0.1) is 5.92 Å². The zero-order valence-electron chi connectivity index (χ0n) is 33.7. The van der Waals surface area contributed by atoms with Crippen molar-refractivity contribution in [2.24, 2.45) is 11.7 Å². The second-order valence-corrected chi connectivity index (χ2v) is 13.9. The molecule has 0 heterocycles. The van der Waals surface area contributed by atoms with Gasteiger partial charge in [0.05, 0.1) is 63.4 Å². The van der Waals surface area contributed by atoms with Crippen molar-refractivity contribution < 1.29 is 104 Å². The highest BCUT2D eigenvalue weighted by Gasteiger charge is 2.34. The van der Waals surface area contributed by atoms with Crippen LogP contribution in [0.2, 0.25) is 0 Å². The van der Waals surface area contributed by atoms with Crippen LogP contribution in [-0.4, -0.2) is 217 Å². The minimum absolute atomic E-state index is 0. The first-order valence-electron chi connectivity index (χ1n) is 19.2. The van der Waals surface area contributed by atoms with Crippen LogP contribution in [0.1, 0.15) is 58.8 Å². The van der Waals surface area contributed by atoms with Crippen molar-refractivity contribution in [3.63, 3.8) is 0 Å². The van der Waals surface area contributed by atoms with Gasteiger partial charge in [0.25, 0.3) is 0 Å². The lowest BCUT2D eigenvalue weighted by atomic mass is 9.95. The van der Waals surface area contributed by atoms with Gasteiger partial charge in [0, 0.05) is 45.2 Å². The summed E-state index contributed by atoms with van der Waals surface area (Å²) >= 11 is 0. The third-order valence-corrected chi connectivity index (χ3v) is 8.86. The van der Waals surface area contributed by atoms with Crippen LogP contribution in [0.5, 0.6) is 0 Å². The lowest BCUT2D eigenvalue weighted by molar-refractivity contribution is -0.137. The number of aliphatic carboxylic acids is 1. The van der Waals surface area contributed by atoms with E-state index in [2.05, 4.69) is 26.6 Å². The molecule has 18 N–H and O–H groups in total. The second-order valence-electron chi connectivity index (χ2n) is 13.9. The van der Waals surface area contributed by atoms with Crippen LogP contribution in [0.3, 0.4) is 0 Å². The fraction of sp³-hybridized carbons (Fsp3) is 0.750. The van der Waals surface area contributed by atoms with E-state index in [-0.39, 0.29) is 20.4 Å². The van der Waals surface area contributed by atoms with Crippen LogP contribution < -0.4 is 32.3 Å². The number of carboxylic acids is 1. The quantitative estimate of drug-likeness (QED) is 0.0285. The molecule has 63 heavy (non-hydrogen) atoms. The number of hydrogen-bond acceptors (Lipinski definition) is 21. The van der Waals surface area contributed by atoms with Gasteiger partial charge in [-0.25, -0.2) is 4.79 Å². The summed E-state index contributed by atoms with van der Waals surface area (Å²) in [5.74, 6) is -8.63. The summed E-state index contributed by atoms with van der Waals surface area (Å²) in [5, 5.41) is 117. The summed E-state index contributed by atoms with van der Waals surface area (Å²) in [6, 6.07) is -1.66. The molecule has 0 aliphatic heterocycles. The molecule has 0 aliphatic carbocycles. The maximum absolute atomic E-state index is 13.6. The predicted molar refractivity (Wildman–Crippen MR) is 211 cm³/mol. The van der Waals surface area contributed by atoms with Gasteiger partial charge < -0.3 is 93.2 Å². The zero-order valence-corrected chi connectivity index (χ0v) is 33.7. The predicted octanol–water partition coefficient (Wildman–Crippen LogP) is -8.46. The number of ether oxygens (including phenoxy) is 1. The van der Waals surface area contributed by atoms with Gasteiger partial charge in [-0.15, -0.1) is 0 Å². The molecule has 27 nitrogen and oxygen atoms in total. The highest BCUT2D eigenvalue weighted by molar-refractivity contribution is 5.94. The highest BCUT2D eigenvalue weighted by atomic mass is 16.5. The molecule has 27 heteroatoms. The summed E-state index contributed by atoms with van der Waals surface area (Å²) in [5.41, 5.74) is 5.13. The normalized spacial score (nSPS) is 15.8. The number of rotatable bonds is 34. The fourth-order valence-corrected chi connectivity index (χ4v) is 5.04. The van der Waals surface area contributed by atoms with Crippen LogP contribution in [-0.2, 0) is 43.1 Å². The van der Waals surface area contributed by atoms with E-state index in [0.717, 1.165) is 0 Å². The molecule has 0 radical (unpaired) electrons. The van der Waals surface area contributed by atoms with Gasteiger partial charge >= 0.3 is 12.1 Å². The largest absolute Gasteiger partial charge is 0.481 e. The lowest BCUT2D eigenvalue weighted by Gasteiger charge is -2.26. The highest BCUT2D eigenvalue weighted by Crippen LogP contribution is 2.14. The molecule has 10 atom stereocenters. The number of alkyl carbamates (subject to hydrolysis) is 1. The zero-order chi connectivity index (χ0) is 47.5. The van der Waals surface area contributed by atoms with Crippen molar-refractivity contribution in [1.82, 2.24) is 26.6 Å².